The Balaban J connectivity index is 1.20. The lowest BCUT2D eigenvalue weighted by molar-refractivity contribution is 0.201. The summed E-state index contributed by atoms with van der Waals surface area (Å²) < 4.78 is 25.1. The Morgan fingerprint density at radius 1 is 0.818 bits per heavy atom. The van der Waals surface area contributed by atoms with E-state index in [1.54, 1.807) is 6.26 Å². The van der Waals surface area contributed by atoms with Gasteiger partial charge in [-0.1, -0.05) is 42.5 Å². The van der Waals surface area contributed by atoms with E-state index in [4.69, 9.17) is 9.15 Å². The lowest BCUT2D eigenvalue weighted by Crippen LogP contribution is -2.36. The Morgan fingerprint density at radius 2 is 1.52 bits per heavy atom. The molecule has 4 heteroatoms. The summed E-state index contributed by atoms with van der Waals surface area (Å²) in [5, 5.41) is 0. The molecule has 0 aliphatic carbocycles. The fraction of sp³-hybridized carbons (Fsp3) is 0.241. The van der Waals surface area contributed by atoms with Gasteiger partial charge in [0.05, 0.1) is 12.2 Å². The van der Waals surface area contributed by atoms with Gasteiger partial charge in [-0.3, -0.25) is 0 Å². The minimum atomic E-state index is -0.210. The highest BCUT2D eigenvalue weighted by Crippen LogP contribution is 2.33. The molecule has 1 aliphatic heterocycles. The number of furan rings is 1. The van der Waals surface area contributed by atoms with Gasteiger partial charge >= 0.3 is 0 Å². The third kappa shape index (κ3) is 5.35. The molecule has 1 saturated heterocycles. The first-order valence-electron chi connectivity index (χ1n) is 11.6. The molecule has 168 valence electrons. The molecule has 0 bridgehead atoms. The zero-order chi connectivity index (χ0) is 22.5. The molecule has 0 amide bonds. The van der Waals surface area contributed by atoms with Gasteiger partial charge in [-0.2, -0.15) is 0 Å². The van der Waals surface area contributed by atoms with Crippen molar-refractivity contribution in [3.63, 3.8) is 0 Å². The third-order valence-corrected chi connectivity index (χ3v) is 6.52. The smallest absolute Gasteiger partial charge is 0.127 e. The molecular weight excluding hydrogens is 413 g/mol. The van der Waals surface area contributed by atoms with E-state index in [9.17, 15) is 4.39 Å². The van der Waals surface area contributed by atoms with Gasteiger partial charge in [0.2, 0.25) is 0 Å². The average Bonchev–Trinajstić information content (AvgIpc) is 3.40. The van der Waals surface area contributed by atoms with Crippen molar-refractivity contribution < 1.29 is 13.5 Å². The number of hydrogen-bond acceptors (Lipinski definition) is 3. The number of rotatable bonds is 7. The largest absolute Gasteiger partial charge is 0.469 e. The predicted molar refractivity (Wildman–Crippen MR) is 128 cm³/mol. The van der Waals surface area contributed by atoms with E-state index in [0.717, 1.165) is 55.3 Å². The van der Waals surface area contributed by atoms with Crippen molar-refractivity contribution in [2.75, 3.05) is 19.6 Å². The summed E-state index contributed by atoms with van der Waals surface area (Å²) in [6, 6.07) is 29.1. The van der Waals surface area contributed by atoms with E-state index in [0.29, 0.717) is 5.92 Å². The molecule has 1 atom stereocenters. The molecule has 33 heavy (non-hydrogen) atoms. The third-order valence-electron chi connectivity index (χ3n) is 6.52. The Hall–Kier alpha value is -3.37. The van der Waals surface area contributed by atoms with Crippen LogP contribution in [0.15, 0.2) is 102 Å². The SMILES string of the molecule is Fc1ccc(C(CN2CCC(c3ccc(Oc4ccccc4)cc3)CC2)c2ccco2)cc1. The molecule has 4 aromatic rings. The van der Waals surface area contributed by atoms with Gasteiger partial charge in [-0.15, -0.1) is 0 Å². The van der Waals surface area contributed by atoms with Crippen LogP contribution in [0.25, 0.3) is 0 Å². The van der Waals surface area contributed by atoms with Crippen molar-refractivity contribution in [3.05, 3.63) is 120 Å². The summed E-state index contributed by atoms with van der Waals surface area (Å²) >= 11 is 0. The standard InChI is InChI=1S/C29H28FNO2/c30-25-12-8-24(9-13-25)28(29-7-4-20-32-29)21-31-18-16-23(17-19-31)22-10-14-27(15-11-22)33-26-5-2-1-3-6-26/h1-15,20,23,28H,16-19,21H2. The van der Waals surface area contributed by atoms with Crippen molar-refractivity contribution in [1.29, 1.82) is 0 Å². The van der Waals surface area contributed by atoms with Gasteiger partial charge in [-0.05, 0) is 91.5 Å². The fourth-order valence-corrected chi connectivity index (χ4v) is 4.68. The average molecular weight is 442 g/mol. The summed E-state index contributed by atoms with van der Waals surface area (Å²) in [6.45, 7) is 2.94. The van der Waals surface area contributed by atoms with Crippen LogP contribution in [0.3, 0.4) is 0 Å². The van der Waals surface area contributed by atoms with E-state index < -0.39 is 0 Å². The van der Waals surface area contributed by atoms with Crippen LogP contribution in [-0.4, -0.2) is 24.5 Å². The topological polar surface area (TPSA) is 25.6 Å². The first-order valence-corrected chi connectivity index (χ1v) is 11.6. The molecule has 0 spiro atoms. The Morgan fingerprint density at radius 3 is 2.18 bits per heavy atom. The van der Waals surface area contributed by atoms with Gasteiger partial charge in [0.15, 0.2) is 0 Å². The molecule has 2 heterocycles. The van der Waals surface area contributed by atoms with Gasteiger partial charge in [0.1, 0.15) is 23.1 Å². The number of hydrogen-bond donors (Lipinski definition) is 0. The van der Waals surface area contributed by atoms with Crippen LogP contribution in [0.2, 0.25) is 0 Å². The van der Waals surface area contributed by atoms with Crippen molar-refractivity contribution in [2.24, 2.45) is 0 Å². The highest BCUT2D eigenvalue weighted by molar-refractivity contribution is 5.34. The van der Waals surface area contributed by atoms with Gasteiger partial charge in [-0.25, -0.2) is 4.39 Å². The second kappa shape index (κ2) is 10.1. The van der Waals surface area contributed by atoms with Gasteiger partial charge < -0.3 is 14.1 Å². The number of benzene rings is 3. The lowest BCUT2D eigenvalue weighted by Gasteiger charge is -2.34. The summed E-state index contributed by atoms with van der Waals surface area (Å²) in [6.07, 6.45) is 3.95. The Kier molecular flexibility index (Phi) is 6.54. The molecule has 0 radical (unpaired) electrons. The van der Waals surface area contributed by atoms with Crippen LogP contribution in [0.5, 0.6) is 11.5 Å². The molecule has 1 unspecified atom stereocenters. The highest BCUT2D eigenvalue weighted by Gasteiger charge is 2.25. The van der Waals surface area contributed by atoms with E-state index >= 15 is 0 Å². The zero-order valence-corrected chi connectivity index (χ0v) is 18.6. The Labute approximate surface area is 194 Å². The molecule has 1 fully saturated rings. The second-order valence-corrected chi connectivity index (χ2v) is 8.68. The predicted octanol–water partition coefficient (Wildman–Crippen LogP) is 7.22. The van der Waals surface area contributed by atoms with Crippen LogP contribution in [0, 0.1) is 5.82 Å². The molecule has 0 N–H and O–H groups in total. The molecule has 1 aliphatic rings. The number of nitrogens with zero attached hydrogens (tertiary/aromatic N) is 1. The lowest BCUT2D eigenvalue weighted by atomic mass is 9.88. The molecule has 3 aromatic carbocycles. The van der Waals surface area contributed by atoms with E-state index in [1.807, 2.05) is 54.6 Å². The summed E-state index contributed by atoms with van der Waals surface area (Å²) in [7, 11) is 0. The number of para-hydroxylation sites is 1. The van der Waals surface area contributed by atoms with Crippen LogP contribution < -0.4 is 4.74 Å². The number of ether oxygens (including phenoxy) is 1. The first-order chi connectivity index (χ1) is 16.2. The minimum absolute atomic E-state index is 0.103. The second-order valence-electron chi connectivity index (χ2n) is 8.68. The van der Waals surface area contributed by atoms with Crippen LogP contribution in [0.1, 0.15) is 41.6 Å². The number of piperidine rings is 1. The maximum absolute atomic E-state index is 13.4. The van der Waals surface area contributed by atoms with Crippen LogP contribution in [0.4, 0.5) is 4.39 Å². The first kappa shape index (κ1) is 21.5. The molecule has 5 rings (SSSR count). The summed E-state index contributed by atoms with van der Waals surface area (Å²) in [5.74, 6) is 3.09. The molecule has 1 aromatic heterocycles. The van der Waals surface area contributed by atoms with Crippen molar-refractivity contribution in [3.8, 4) is 11.5 Å². The van der Waals surface area contributed by atoms with E-state index in [-0.39, 0.29) is 11.7 Å². The number of halogens is 1. The Bertz CT molecular complexity index is 1120. The van der Waals surface area contributed by atoms with Gasteiger partial charge in [0.25, 0.3) is 0 Å². The summed E-state index contributed by atoms with van der Waals surface area (Å²) in [5.41, 5.74) is 2.46. The van der Waals surface area contributed by atoms with E-state index in [1.165, 1.54) is 17.7 Å². The molecular formula is C29H28FNO2. The quantitative estimate of drug-likeness (QED) is 0.303. The maximum atomic E-state index is 13.4. The molecule has 3 nitrogen and oxygen atoms in total. The highest BCUT2D eigenvalue weighted by atomic mass is 19.1. The normalized spacial score (nSPS) is 15.9. The van der Waals surface area contributed by atoms with Gasteiger partial charge in [0, 0.05) is 6.54 Å². The van der Waals surface area contributed by atoms with Crippen molar-refractivity contribution in [1.82, 2.24) is 4.90 Å². The minimum Gasteiger partial charge on any atom is -0.469 e. The van der Waals surface area contributed by atoms with E-state index in [2.05, 4.69) is 29.2 Å². The number of likely N-dealkylation sites (tertiary alicyclic amines) is 1. The van der Waals surface area contributed by atoms with Crippen molar-refractivity contribution >= 4 is 0 Å². The maximum Gasteiger partial charge on any atom is 0.127 e. The van der Waals surface area contributed by atoms with Crippen LogP contribution >= 0.6 is 0 Å². The molecule has 0 saturated carbocycles. The zero-order valence-electron chi connectivity index (χ0n) is 18.6. The monoisotopic (exact) mass is 441 g/mol. The fourth-order valence-electron chi connectivity index (χ4n) is 4.68. The van der Waals surface area contributed by atoms with Crippen LogP contribution in [-0.2, 0) is 0 Å². The summed E-state index contributed by atoms with van der Waals surface area (Å²) in [4.78, 5) is 2.50. The van der Waals surface area contributed by atoms with Crippen molar-refractivity contribution in [2.45, 2.75) is 24.7 Å².